The van der Waals surface area contributed by atoms with Crippen LogP contribution in [0.1, 0.15) is 70.4 Å². The predicted molar refractivity (Wildman–Crippen MR) is 95.9 cm³/mol. The zero-order chi connectivity index (χ0) is 18.2. The van der Waals surface area contributed by atoms with E-state index >= 15 is 0 Å². The highest BCUT2D eigenvalue weighted by atomic mass is 16.3. The summed E-state index contributed by atoms with van der Waals surface area (Å²) in [6.45, 7) is 8.97. The summed E-state index contributed by atoms with van der Waals surface area (Å²) >= 11 is 0. The predicted octanol–water partition coefficient (Wildman–Crippen LogP) is 2.61. The molecule has 2 aliphatic carbocycles. The van der Waals surface area contributed by atoms with Gasteiger partial charge in [0.25, 0.3) is 0 Å². The summed E-state index contributed by atoms with van der Waals surface area (Å²) in [5.41, 5.74) is 2.43. The van der Waals surface area contributed by atoms with Gasteiger partial charge in [-0.2, -0.15) is 5.10 Å². The lowest BCUT2D eigenvalue weighted by atomic mass is 9.74. The lowest BCUT2D eigenvalue weighted by molar-refractivity contribution is -0.118. The second kappa shape index (κ2) is 6.90. The van der Waals surface area contributed by atoms with Gasteiger partial charge in [-0.1, -0.05) is 19.4 Å². The Morgan fingerprint density at radius 1 is 1.36 bits per heavy atom. The molecule has 1 fully saturated rings. The average Bonchev–Trinajstić information content (AvgIpc) is 3.10. The summed E-state index contributed by atoms with van der Waals surface area (Å²) in [4.78, 5) is 16.9. The normalized spacial score (nSPS) is 29.1. The molecule has 1 amide bonds. The van der Waals surface area contributed by atoms with E-state index in [9.17, 15) is 9.90 Å². The molecule has 0 spiro atoms. The number of nitrogens with one attached hydrogen (secondary N) is 2. The van der Waals surface area contributed by atoms with Crippen LogP contribution in [0.2, 0.25) is 0 Å². The molecule has 2 aliphatic rings. The molecule has 0 radical (unpaired) electrons. The van der Waals surface area contributed by atoms with E-state index in [1.165, 1.54) is 5.57 Å². The molecule has 3 atom stereocenters. The van der Waals surface area contributed by atoms with Crippen LogP contribution >= 0.6 is 0 Å². The fraction of sp³-hybridized carbons (Fsp3) is 0.737. The second-order valence-corrected chi connectivity index (χ2v) is 8.58. The monoisotopic (exact) mass is 346 g/mol. The molecule has 6 heteroatoms. The van der Waals surface area contributed by atoms with Gasteiger partial charge < -0.3 is 10.4 Å². The van der Waals surface area contributed by atoms with Crippen molar-refractivity contribution in [3.63, 3.8) is 0 Å². The van der Waals surface area contributed by atoms with Gasteiger partial charge in [0, 0.05) is 24.0 Å². The van der Waals surface area contributed by atoms with E-state index in [4.69, 9.17) is 0 Å². The third-order valence-corrected chi connectivity index (χ3v) is 5.75. The molecular formula is C19H30N4O2. The van der Waals surface area contributed by atoms with E-state index < -0.39 is 6.10 Å². The molecule has 1 aromatic rings. The van der Waals surface area contributed by atoms with E-state index in [0.29, 0.717) is 13.0 Å². The summed E-state index contributed by atoms with van der Waals surface area (Å²) < 4.78 is 0. The first-order valence-electron chi connectivity index (χ1n) is 9.29. The van der Waals surface area contributed by atoms with E-state index in [1.807, 2.05) is 6.92 Å². The van der Waals surface area contributed by atoms with Crippen molar-refractivity contribution in [2.45, 2.75) is 71.8 Å². The Kier molecular flexibility index (Phi) is 5.00. The first kappa shape index (κ1) is 18.1. The van der Waals surface area contributed by atoms with Crippen molar-refractivity contribution in [3.05, 3.63) is 22.8 Å². The van der Waals surface area contributed by atoms with Crippen molar-refractivity contribution in [1.82, 2.24) is 20.5 Å². The summed E-state index contributed by atoms with van der Waals surface area (Å²) in [5.74, 6) is 1.84. The minimum Gasteiger partial charge on any atom is -0.393 e. The molecule has 1 saturated carbocycles. The standard InChI is InChI=1S/C19H30N4O2/c1-11-9-19(3,4)6-5-15(11)18(25)20-10-14-7-13(8-16(14)24)17-21-12(2)22-23-17/h13-14,16,24H,5-10H2,1-4H3,(H,20,25)(H,21,22,23)/t13-,14+,16+/m0/s1. The molecule has 3 rings (SSSR count). The number of hydrogen-bond donors (Lipinski definition) is 3. The Bertz CT molecular complexity index is 677. The van der Waals surface area contributed by atoms with E-state index in [0.717, 1.165) is 42.9 Å². The Morgan fingerprint density at radius 3 is 2.76 bits per heavy atom. The van der Waals surface area contributed by atoms with Gasteiger partial charge in [0.15, 0.2) is 5.82 Å². The first-order chi connectivity index (χ1) is 11.7. The minimum atomic E-state index is -0.413. The summed E-state index contributed by atoms with van der Waals surface area (Å²) in [7, 11) is 0. The number of aromatic nitrogens is 3. The zero-order valence-corrected chi connectivity index (χ0v) is 15.7. The highest BCUT2D eigenvalue weighted by molar-refractivity contribution is 5.94. The Labute approximate surface area is 149 Å². The van der Waals surface area contributed by atoms with Crippen LogP contribution in [0.25, 0.3) is 0 Å². The Morgan fingerprint density at radius 2 is 2.12 bits per heavy atom. The van der Waals surface area contributed by atoms with Gasteiger partial charge in [-0.15, -0.1) is 0 Å². The number of carbonyl (C=O) groups excluding carboxylic acids is 1. The van der Waals surface area contributed by atoms with E-state index in [-0.39, 0.29) is 23.2 Å². The highest BCUT2D eigenvalue weighted by Crippen LogP contribution is 2.39. The van der Waals surface area contributed by atoms with Crippen LogP contribution in [0, 0.1) is 18.3 Å². The van der Waals surface area contributed by atoms with Gasteiger partial charge in [-0.25, -0.2) is 4.98 Å². The van der Waals surface area contributed by atoms with Crippen LogP contribution < -0.4 is 5.32 Å². The minimum absolute atomic E-state index is 0.0392. The topological polar surface area (TPSA) is 90.9 Å². The number of aryl methyl sites for hydroxylation is 1. The third-order valence-electron chi connectivity index (χ3n) is 5.75. The molecule has 0 unspecified atom stereocenters. The number of H-pyrrole nitrogens is 1. The van der Waals surface area contributed by atoms with E-state index in [2.05, 4.69) is 41.3 Å². The highest BCUT2D eigenvalue weighted by Gasteiger charge is 2.36. The fourth-order valence-corrected chi connectivity index (χ4v) is 4.30. The van der Waals surface area contributed by atoms with Crippen molar-refractivity contribution < 1.29 is 9.90 Å². The van der Waals surface area contributed by atoms with Crippen molar-refractivity contribution in [2.75, 3.05) is 6.54 Å². The van der Waals surface area contributed by atoms with Gasteiger partial charge in [0.2, 0.25) is 5.91 Å². The second-order valence-electron chi connectivity index (χ2n) is 8.58. The molecular weight excluding hydrogens is 316 g/mol. The lowest BCUT2D eigenvalue weighted by Gasteiger charge is -2.31. The maximum Gasteiger partial charge on any atom is 0.247 e. The summed E-state index contributed by atoms with van der Waals surface area (Å²) in [6.07, 6.45) is 3.93. The Hall–Kier alpha value is -1.69. The molecule has 138 valence electrons. The van der Waals surface area contributed by atoms with Gasteiger partial charge in [0.1, 0.15) is 5.82 Å². The van der Waals surface area contributed by atoms with Crippen LogP contribution in [-0.4, -0.2) is 38.8 Å². The number of hydrogen-bond acceptors (Lipinski definition) is 4. The van der Waals surface area contributed by atoms with Crippen molar-refractivity contribution in [1.29, 1.82) is 0 Å². The maximum absolute atomic E-state index is 12.6. The summed E-state index contributed by atoms with van der Waals surface area (Å²) in [5, 5.41) is 20.5. The van der Waals surface area contributed by atoms with Crippen LogP contribution in [0.3, 0.4) is 0 Å². The third kappa shape index (κ3) is 4.11. The molecule has 3 N–H and O–H groups in total. The van der Waals surface area contributed by atoms with Crippen LogP contribution in [0.15, 0.2) is 11.1 Å². The molecule has 25 heavy (non-hydrogen) atoms. The molecule has 0 aromatic carbocycles. The fourth-order valence-electron chi connectivity index (χ4n) is 4.30. The number of allylic oxidation sites excluding steroid dienone is 1. The zero-order valence-electron chi connectivity index (χ0n) is 15.7. The van der Waals surface area contributed by atoms with Crippen LogP contribution in [-0.2, 0) is 4.79 Å². The van der Waals surface area contributed by atoms with Gasteiger partial charge in [-0.05, 0) is 51.4 Å². The number of amides is 1. The van der Waals surface area contributed by atoms with Crippen molar-refractivity contribution >= 4 is 5.91 Å². The molecule has 1 aromatic heterocycles. The number of aromatic amines is 1. The summed E-state index contributed by atoms with van der Waals surface area (Å²) in [6, 6.07) is 0. The van der Waals surface area contributed by atoms with Gasteiger partial charge >= 0.3 is 0 Å². The molecule has 0 saturated heterocycles. The van der Waals surface area contributed by atoms with Crippen molar-refractivity contribution in [3.8, 4) is 0 Å². The quantitative estimate of drug-likeness (QED) is 0.781. The lowest BCUT2D eigenvalue weighted by Crippen LogP contribution is -2.35. The van der Waals surface area contributed by atoms with Gasteiger partial charge in [0.05, 0.1) is 6.10 Å². The average molecular weight is 346 g/mol. The SMILES string of the molecule is CC1=C(C(=O)NC[C@H]2C[C@H](c3n[nH]c(C)n3)C[C@H]2O)CCC(C)(C)C1. The van der Waals surface area contributed by atoms with Crippen LogP contribution in [0.5, 0.6) is 0 Å². The first-order valence-corrected chi connectivity index (χ1v) is 9.29. The Balaban J connectivity index is 1.56. The van der Waals surface area contributed by atoms with Gasteiger partial charge in [-0.3, -0.25) is 9.89 Å². The maximum atomic E-state index is 12.6. The smallest absolute Gasteiger partial charge is 0.247 e. The number of aliphatic hydroxyl groups excluding tert-OH is 1. The molecule has 0 aliphatic heterocycles. The molecule has 1 heterocycles. The van der Waals surface area contributed by atoms with Crippen molar-refractivity contribution in [2.24, 2.45) is 11.3 Å². The number of rotatable bonds is 4. The number of carbonyl (C=O) groups is 1. The van der Waals surface area contributed by atoms with E-state index in [1.54, 1.807) is 0 Å². The number of nitrogens with zero attached hydrogens (tertiary/aromatic N) is 2. The molecule has 0 bridgehead atoms. The number of aliphatic hydroxyl groups is 1. The largest absolute Gasteiger partial charge is 0.393 e. The molecule has 6 nitrogen and oxygen atoms in total. The van der Waals surface area contributed by atoms with Crippen LogP contribution in [0.4, 0.5) is 0 Å².